The predicted molar refractivity (Wildman–Crippen MR) is 90.4 cm³/mol. The second-order valence-electron chi connectivity index (χ2n) is 5.73. The van der Waals surface area contributed by atoms with E-state index in [-0.39, 0.29) is 11.7 Å². The van der Waals surface area contributed by atoms with Crippen molar-refractivity contribution < 1.29 is 9.18 Å². The molecule has 0 radical (unpaired) electrons. The summed E-state index contributed by atoms with van der Waals surface area (Å²) in [5.74, 6) is -0.0878. The fraction of sp³-hybridized carbons (Fsp3) is 0.412. The van der Waals surface area contributed by atoms with Crippen LogP contribution in [-0.4, -0.2) is 42.0 Å². The topological polar surface area (TPSA) is 36.4 Å². The summed E-state index contributed by atoms with van der Waals surface area (Å²) < 4.78 is 13.0. The molecule has 1 amide bonds. The fourth-order valence-electron chi connectivity index (χ4n) is 2.83. The Morgan fingerprint density at radius 1 is 1.22 bits per heavy atom. The summed E-state index contributed by atoms with van der Waals surface area (Å²) in [4.78, 5) is 20.9. The van der Waals surface area contributed by atoms with Gasteiger partial charge in [-0.3, -0.25) is 4.79 Å². The van der Waals surface area contributed by atoms with E-state index in [9.17, 15) is 9.18 Å². The number of aryl methyl sites for hydroxylation is 1. The third kappa shape index (κ3) is 4.07. The van der Waals surface area contributed by atoms with E-state index < -0.39 is 0 Å². The van der Waals surface area contributed by atoms with Crippen molar-refractivity contribution in [3.63, 3.8) is 0 Å². The van der Waals surface area contributed by atoms with Crippen LogP contribution in [-0.2, 0) is 11.2 Å². The van der Waals surface area contributed by atoms with Crippen LogP contribution >= 0.6 is 11.3 Å². The van der Waals surface area contributed by atoms with Gasteiger partial charge in [0.15, 0.2) is 0 Å². The van der Waals surface area contributed by atoms with Gasteiger partial charge < -0.3 is 9.80 Å². The van der Waals surface area contributed by atoms with E-state index >= 15 is 0 Å². The summed E-state index contributed by atoms with van der Waals surface area (Å²) in [7, 11) is 0. The predicted octanol–water partition coefficient (Wildman–Crippen LogP) is 2.87. The number of thiazole rings is 1. The average molecular weight is 333 g/mol. The molecule has 122 valence electrons. The molecule has 3 rings (SSSR count). The maximum absolute atomic E-state index is 13.0. The maximum Gasteiger partial charge on any atom is 0.228 e. The average Bonchev–Trinajstić information content (AvgIpc) is 2.80. The van der Waals surface area contributed by atoms with E-state index in [0.29, 0.717) is 13.0 Å². The van der Waals surface area contributed by atoms with Gasteiger partial charge in [-0.1, -0.05) is 0 Å². The van der Waals surface area contributed by atoms with Gasteiger partial charge in [0.2, 0.25) is 5.91 Å². The van der Waals surface area contributed by atoms with Crippen LogP contribution in [0.4, 0.5) is 10.1 Å². The highest BCUT2D eigenvalue weighted by atomic mass is 32.1. The van der Waals surface area contributed by atoms with Gasteiger partial charge in [-0.2, -0.15) is 0 Å². The molecule has 0 bridgehead atoms. The van der Waals surface area contributed by atoms with Crippen LogP contribution in [0.3, 0.4) is 0 Å². The normalized spacial score (nSPS) is 15.6. The lowest BCUT2D eigenvalue weighted by Gasteiger charge is -2.23. The third-order valence-electron chi connectivity index (χ3n) is 4.04. The van der Waals surface area contributed by atoms with Crippen molar-refractivity contribution >= 4 is 22.9 Å². The number of aromatic nitrogens is 1. The zero-order valence-corrected chi connectivity index (χ0v) is 14.0. The molecule has 6 heteroatoms. The van der Waals surface area contributed by atoms with E-state index in [1.54, 1.807) is 23.5 Å². The molecule has 4 nitrogen and oxygen atoms in total. The van der Waals surface area contributed by atoms with Gasteiger partial charge in [0.05, 0.1) is 17.1 Å². The Morgan fingerprint density at radius 2 is 2.00 bits per heavy atom. The van der Waals surface area contributed by atoms with Crippen molar-refractivity contribution in [3.05, 3.63) is 46.2 Å². The Morgan fingerprint density at radius 3 is 2.70 bits per heavy atom. The van der Waals surface area contributed by atoms with E-state index in [1.165, 1.54) is 12.1 Å². The largest absolute Gasteiger partial charge is 0.370 e. The number of carbonyl (C=O) groups is 1. The molecule has 1 aromatic carbocycles. The summed E-state index contributed by atoms with van der Waals surface area (Å²) in [6.07, 6.45) is 1.29. The molecule has 0 saturated carbocycles. The highest BCUT2D eigenvalue weighted by Crippen LogP contribution is 2.17. The molecule has 1 saturated heterocycles. The van der Waals surface area contributed by atoms with Crippen LogP contribution < -0.4 is 4.90 Å². The molecule has 0 aliphatic carbocycles. The van der Waals surface area contributed by atoms with Gasteiger partial charge >= 0.3 is 0 Å². The molecular formula is C17H20FN3OS. The lowest BCUT2D eigenvalue weighted by molar-refractivity contribution is -0.130. The molecule has 23 heavy (non-hydrogen) atoms. The molecule has 0 N–H and O–H groups in total. The van der Waals surface area contributed by atoms with Gasteiger partial charge in [-0.25, -0.2) is 9.37 Å². The number of rotatable bonds is 3. The highest BCUT2D eigenvalue weighted by molar-refractivity contribution is 7.09. The minimum atomic E-state index is -0.223. The van der Waals surface area contributed by atoms with Crippen molar-refractivity contribution in [1.29, 1.82) is 0 Å². The number of benzene rings is 1. The first-order valence-corrected chi connectivity index (χ1v) is 8.69. The second-order valence-corrected chi connectivity index (χ2v) is 6.79. The molecule has 1 aliphatic heterocycles. The van der Waals surface area contributed by atoms with Crippen molar-refractivity contribution in [1.82, 2.24) is 9.88 Å². The lowest BCUT2D eigenvalue weighted by Crippen LogP contribution is -2.36. The smallest absolute Gasteiger partial charge is 0.228 e. The monoisotopic (exact) mass is 333 g/mol. The van der Waals surface area contributed by atoms with E-state index in [0.717, 1.165) is 42.4 Å². The first kappa shape index (κ1) is 15.9. The molecule has 1 aliphatic rings. The molecule has 0 spiro atoms. The minimum Gasteiger partial charge on any atom is -0.370 e. The molecular weight excluding hydrogens is 313 g/mol. The van der Waals surface area contributed by atoms with Gasteiger partial charge in [0.1, 0.15) is 5.82 Å². The van der Waals surface area contributed by atoms with Crippen molar-refractivity contribution in [3.8, 4) is 0 Å². The highest BCUT2D eigenvalue weighted by Gasteiger charge is 2.20. The zero-order valence-electron chi connectivity index (χ0n) is 13.2. The second kappa shape index (κ2) is 7.08. The standard InChI is InChI=1S/C17H20FN3OS/c1-13-19-15(12-23-13)11-17(22)21-8-2-7-20(9-10-21)16-5-3-14(18)4-6-16/h3-6,12H,2,7-11H2,1H3. The number of halogens is 1. The summed E-state index contributed by atoms with van der Waals surface area (Å²) in [5.41, 5.74) is 1.87. The number of anilines is 1. The molecule has 1 fully saturated rings. The van der Waals surface area contributed by atoms with E-state index in [1.807, 2.05) is 17.2 Å². The zero-order chi connectivity index (χ0) is 16.2. The third-order valence-corrected chi connectivity index (χ3v) is 4.86. The Kier molecular flexibility index (Phi) is 4.91. The van der Waals surface area contributed by atoms with Gasteiger partial charge in [0, 0.05) is 37.2 Å². The summed E-state index contributed by atoms with van der Waals surface area (Å²) in [6.45, 7) is 5.06. The number of hydrogen-bond acceptors (Lipinski definition) is 4. The number of carbonyl (C=O) groups excluding carboxylic acids is 1. The van der Waals surface area contributed by atoms with E-state index in [2.05, 4.69) is 9.88 Å². The van der Waals surface area contributed by atoms with Crippen LogP contribution in [0.25, 0.3) is 0 Å². The molecule has 0 unspecified atom stereocenters. The number of nitrogens with zero attached hydrogens (tertiary/aromatic N) is 3. The molecule has 2 aromatic rings. The quantitative estimate of drug-likeness (QED) is 0.867. The molecule has 1 aromatic heterocycles. The summed E-state index contributed by atoms with van der Waals surface area (Å²) >= 11 is 1.58. The summed E-state index contributed by atoms with van der Waals surface area (Å²) in [6, 6.07) is 6.55. The first-order chi connectivity index (χ1) is 11.1. The SMILES string of the molecule is Cc1nc(CC(=O)N2CCCN(c3ccc(F)cc3)CC2)cs1. The Labute approximate surface area is 139 Å². The number of hydrogen-bond donors (Lipinski definition) is 0. The van der Waals surface area contributed by atoms with Crippen LogP contribution in [0.2, 0.25) is 0 Å². The van der Waals surface area contributed by atoms with Crippen LogP contribution in [0.1, 0.15) is 17.1 Å². The van der Waals surface area contributed by atoms with Crippen molar-refractivity contribution in [2.24, 2.45) is 0 Å². The molecule has 2 heterocycles. The van der Waals surface area contributed by atoms with E-state index in [4.69, 9.17) is 0 Å². The van der Waals surface area contributed by atoms with Crippen LogP contribution in [0, 0.1) is 12.7 Å². The van der Waals surface area contributed by atoms with Gasteiger partial charge in [-0.15, -0.1) is 11.3 Å². The Bertz CT molecular complexity index is 671. The maximum atomic E-state index is 13.0. The Balaban J connectivity index is 1.59. The molecule has 0 atom stereocenters. The van der Waals surface area contributed by atoms with Gasteiger partial charge in [-0.05, 0) is 37.6 Å². The van der Waals surface area contributed by atoms with Crippen molar-refractivity contribution in [2.45, 2.75) is 19.8 Å². The van der Waals surface area contributed by atoms with Crippen LogP contribution in [0.5, 0.6) is 0 Å². The fourth-order valence-corrected chi connectivity index (χ4v) is 3.45. The van der Waals surface area contributed by atoms with Crippen molar-refractivity contribution in [2.75, 3.05) is 31.1 Å². The number of amides is 1. The lowest BCUT2D eigenvalue weighted by atomic mass is 10.2. The van der Waals surface area contributed by atoms with Crippen LogP contribution in [0.15, 0.2) is 29.6 Å². The van der Waals surface area contributed by atoms with Gasteiger partial charge in [0.25, 0.3) is 0 Å². The first-order valence-electron chi connectivity index (χ1n) is 7.81. The minimum absolute atomic E-state index is 0.135. The Hall–Kier alpha value is -1.95. The summed E-state index contributed by atoms with van der Waals surface area (Å²) in [5, 5.41) is 2.95.